The van der Waals surface area contributed by atoms with Gasteiger partial charge in [0.15, 0.2) is 5.76 Å². The Morgan fingerprint density at radius 2 is 1.76 bits per heavy atom. The summed E-state index contributed by atoms with van der Waals surface area (Å²) >= 11 is 0. The van der Waals surface area contributed by atoms with Gasteiger partial charge in [0.05, 0.1) is 6.26 Å². The summed E-state index contributed by atoms with van der Waals surface area (Å²) in [5.74, 6) is -1.20. The van der Waals surface area contributed by atoms with Crippen molar-refractivity contribution in [3.05, 3.63) is 60.1 Å². The van der Waals surface area contributed by atoms with Gasteiger partial charge in [0, 0.05) is 18.7 Å². The largest absolute Gasteiger partial charge is 0.459 e. The Balaban J connectivity index is 1.49. The molecule has 2 amide bonds. The molecule has 2 heterocycles. The average Bonchev–Trinajstić information content (AvgIpc) is 3.30. The molecule has 0 fully saturated rings. The smallest absolute Gasteiger partial charge is 0.316 e. The molecular weight excluding hydrogens is 331 g/mol. The third kappa shape index (κ3) is 4.08. The lowest BCUT2D eigenvalue weighted by Crippen LogP contribution is -2.34. The molecule has 0 aliphatic heterocycles. The van der Waals surface area contributed by atoms with E-state index in [0.29, 0.717) is 5.56 Å². The first kappa shape index (κ1) is 16.4. The van der Waals surface area contributed by atoms with Gasteiger partial charge in [0.25, 0.3) is 5.91 Å². The minimum atomic E-state index is -0.576. The van der Waals surface area contributed by atoms with Crippen molar-refractivity contribution < 1.29 is 22.9 Å². The molecule has 0 saturated carbocycles. The van der Waals surface area contributed by atoms with Gasteiger partial charge in [-0.25, -0.2) is 4.39 Å². The number of nitrogens with one attached hydrogen (secondary N) is 2. The Morgan fingerprint density at radius 3 is 2.44 bits per heavy atom. The predicted octanol–water partition coefficient (Wildman–Crippen LogP) is 1.63. The topological polar surface area (TPSA) is 110 Å². The van der Waals surface area contributed by atoms with Crippen molar-refractivity contribution in [2.75, 3.05) is 13.1 Å². The number of carbonyl (C=O) groups excluding carboxylic acids is 2. The highest BCUT2D eigenvalue weighted by Crippen LogP contribution is 2.15. The lowest BCUT2D eigenvalue weighted by Gasteiger charge is -2.03. The van der Waals surface area contributed by atoms with Crippen LogP contribution >= 0.6 is 0 Å². The quantitative estimate of drug-likeness (QED) is 0.658. The number of aromatic nitrogens is 2. The maximum atomic E-state index is 12.9. The monoisotopic (exact) mass is 344 g/mol. The average molecular weight is 344 g/mol. The number of hydrogen-bond donors (Lipinski definition) is 2. The van der Waals surface area contributed by atoms with Crippen LogP contribution in [0.15, 0.2) is 51.6 Å². The van der Waals surface area contributed by atoms with Crippen molar-refractivity contribution in [2.45, 2.75) is 0 Å². The van der Waals surface area contributed by atoms with Crippen LogP contribution in [0, 0.1) is 5.82 Å². The molecule has 0 aliphatic rings. The molecule has 128 valence electrons. The fraction of sp³-hybridized carbons (Fsp3) is 0.125. The van der Waals surface area contributed by atoms with Crippen molar-refractivity contribution >= 4 is 11.8 Å². The van der Waals surface area contributed by atoms with Crippen LogP contribution in [0.1, 0.15) is 21.2 Å². The Hall–Kier alpha value is -3.49. The van der Waals surface area contributed by atoms with E-state index in [1.165, 1.54) is 36.6 Å². The van der Waals surface area contributed by atoms with Gasteiger partial charge < -0.3 is 19.6 Å². The first-order valence-corrected chi connectivity index (χ1v) is 7.33. The van der Waals surface area contributed by atoms with Crippen LogP contribution in [0.5, 0.6) is 0 Å². The van der Waals surface area contributed by atoms with Crippen LogP contribution in [0.4, 0.5) is 4.39 Å². The van der Waals surface area contributed by atoms with Crippen molar-refractivity contribution in [1.82, 2.24) is 20.8 Å². The fourth-order valence-electron chi connectivity index (χ4n) is 1.95. The first-order chi connectivity index (χ1) is 12.1. The third-order valence-corrected chi connectivity index (χ3v) is 3.16. The number of amides is 2. The molecule has 0 spiro atoms. The van der Waals surface area contributed by atoms with Gasteiger partial charge in [-0.2, -0.15) is 4.98 Å². The highest BCUT2D eigenvalue weighted by atomic mass is 19.1. The molecule has 2 N–H and O–H groups in total. The number of furan rings is 1. The minimum absolute atomic E-state index is 0.166. The van der Waals surface area contributed by atoms with Crippen LogP contribution < -0.4 is 10.6 Å². The third-order valence-electron chi connectivity index (χ3n) is 3.16. The van der Waals surface area contributed by atoms with Gasteiger partial charge in [0.2, 0.25) is 5.82 Å². The number of halogens is 1. The molecule has 8 nitrogen and oxygen atoms in total. The molecule has 25 heavy (non-hydrogen) atoms. The van der Waals surface area contributed by atoms with Crippen LogP contribution in [-0.4, -0.2) is 35.0 Å². The summed E-state index contributed by atoms with van der Waals surface area (Å²) in [6.07, 6.45) is 1.39. The summed E-state index contributed by atoms with van der Waals surface area (Å²) in [4.78, 5) is 27.5. The number of rotatable bonds is 6. The predicted molar refractivity (Wildman–Crippen MR) is 83.1 cm³/mol. The van der Waals surface area contributed by atoms with E-state index in [1.54, 1.807) is 6.07 Å². The van der Waals surface area contributed by atoms with E-state index >= 15 is 0 Å². The molecule has 0 saturated heterocycles. The standard InChI is InChI=1S/C16H13FN4O4/c17-11-5-3-10(4-6-11)13-20-16(25-21-13)15(23)19-8-7-18-14(22)12-2-1-9-24-12/h1-6,9H,7-8H2,(H,18,22)(H,19,23). The number of carbonyl (C=O) groups is 2. The normalized spacial score (nSPS) is 10.4. The summed E-state index contributed by atoms with van der Waals surface area (Å²) in [7, 11) is 0. The Labute approximate surface area is 141 Å². The zero-order valence-corrected chi connectivity index (χ0v) is 12.9. The molecule has 0 bridgehead atoms. The molecule has 1 aromatic carbocycles. The molecule has 3 aromatic rings. The van der Waals surface area contributed by atoms with Crippen molar-refractivity contribution in [2.24, 2.45) is 0 Å². The van der Waals surface area contributed by atoms with E-state index in [-0.39, 0.29) is 42.3 Å². The highest BCUT2D eigenvalue weighted by Gasteiger charge is 2.16. The second kappa shape index (κ2) is 7.39. The van der Waals surface area contributed by atoms with Crippen LogP contribution in [0.2, 0.25) is 0 Å². The maximum absolute atomic E-state index is 12.9. The zero-order chi connectivity index (χ0) is 17.6. The van der Waals surface area contributed by atoms with Gasteiger partial charge in [-0.1, -0.05) is 5.16 Å². The number of benzene rings is 1. The molecule has 0 radical (unpaired) electrons. The molecular formula is C16H13FN4O4. The molecule has 9 heteroatoms. The summed E-state index contributed by atoms with van der Waals surface area (Å²) in [6.45, 7) is 0.365. The van der Waals surface area contributed by atoms with Crippen LogP contribution in [0.3, 0.4) is 0 Å². The molecule has 0 atom stereocenters. The van der Waals surface area contributed by atoms with Gasteiger partial charge in [-0.3, -0.25) is 9.59 Å². The number of hydrogen-bond acceptors (Lipinski definition) is 6. The summed E-state index contributed by atoms with van der Waals surface area (Å²) in [5.41, 5.74) is 0.523. The van der Waals surface area contributed by atoms with Gasteiger partial charge in [-0.05, 0) is 36.4 Å². The second-order valence-corrected chi connectivity index (χ2v) is 4.92. The Bertz CT molecular complexity index is 859. The molecule has 0 aliphatic carbocycles. The second-order valence-electron chi connectivity index (χ2n) is 4.92. The maximum Gasteiger partial charge on any atom is 0.316 e. The van der Waals surface area contributed by atoms with Gasteiger partial charge >= 0.3 is 11.8 Å². The molecule has 3 rings (SSSR count). The van der Waals surface area contributed by atoms with E-state index in [4.69, 9.17) is 8.94 Å². The van der Waals surface area contributed by atoms with Crippen LogP contribution in [-0.2, 0) is 0 Å². The fourth-order valence-corrected chi connectivity index (χ4v) is 1.95. The van der Waals surface area contributed by atoms with E-state index in [9.17, 15) is 14.0 Å². The van der Waals surface area contributed by atoms with Crippen LogP contribution in [0.25, 0.3) is 11.4 Å². The molecule has 0 unspecified atom stereocenters. The summed E-state index contributed by atoms with van der Waals surface area (Å²) in [6, 6.07) is 8.60. The highest BCUT2D eigenvalue weighted by molar-refractivity contribution is 5.91. The SMILES string of the molecule is O=C(NCCNC(=O)c1nc(-c2ccc(F)cc2)no1)c1ccco1. The van der Waals surface area contributed by atoms with Crippen molar-refractivity contribution in [3.8, 4) is 11.4 Å². The van der Waals surface area contributed by atoms with Crippen molar-refractivity contribution in [1.29, 1.82) is 0 Å². The lowest BCUT2D eigenvalue weighted by molar-refractivity contribution is 0.0891. The zero-order valence-electron chi connectivity index (χ0n) is 12.9. The summed E-state index contributed by atoms with van der Waals surface area (Å²) < 4.78 is 22.7. The van der Waals surface area contributed by atoms with E-state index in [0.717, 1.165) is 0 Å². The van der Waals surface area contributed by atoms with Gasteiger partial charge in [0.1, 0.15) is 5.82 Å². The van der Waals surface area contributed by atoms with Crippen molar-refractivity contribution in [3.63, 3.8) is 0 Å². The summed E-state index contributed by atoms with van der Waals surface area (Å²) in [5, 5.41) is 8.79. The van der Waals surface area contributed by atoms with E-state index in [2.05, 4.69) is 20.8 Å². The Morgan fingerprint density at radius 1 is 1.04 bits per heavy atom. The van der Waals surface area contributed by atoms with E-state index < -0.39 is 5.91 Å². The number of nitrogens with zero attached hydrogens (tertiary/aromatic N) is 2. The lowest BCUT2D eigenvalue weighted by atomic mass is 10.2. The Kier molecular flexibility index (Phi) is 4.84. The minimum Gasteiger partial charge on any atom is -0.459 e. The van der Waals surface area contributed by atoms with Gasteiger partial charge in [-0.15, -0.1) is 0 Å². The van der Waals surface area contributed by atoms with E-state index in [1.807, 2.05) is 0 Å². The molecule has 2 aromatic heterocycles. The first-order valence-electron chi connectivity index (χ1n) is 7.33.